The van der Waals surface area contributed by atoms with Gasteiger partial charge in [0.25, 0.3) is 0 Å². The lowest BCUT2D eigenvalue weighted by molar-refractivity contribution is 0.131. The number of nitrogens with zero attached hydrogens (tertiary/aromatic N) is 2. The SMILES string of the molecule is COCn1c(CC(C)C)nc2c(N)cccc21. The molecule has 0 aliphatic rings. The fraction of sp³-hybridized carbons (Fsp3) is 0.462. The van der Waals surface area contributed by atoms with E-state index in [0.29, 0.717) is 12.6 Å². The summed E-state index contributed by atoms with van der Waals surface area (Å²) in [7, 11) is 1.69. The van der Waals surface area contributed by atoms with E-state index in [0.717, 1.165) is 29.0 Å². The van der Waals surface area contributed by atoms with Crippen molar-refractivity contribution in [1.82, 2.24) is 9.55 Å². The third kappa shape index (κ3) is 2.26. The van der Waals surface area contributed by atoms with Crippen LogP contribution in [0.3, 0.4) is 0 Å². The van der Waals surface area contributed by atoms with Gasteiger partial charge in [-0.2, -0.15) is 0 Å². The monoisotopic (exact) mass is 233 g/mol. The van der Waals surface area contributed by atoms with E-state index < -0.39 is 0 Å². The van der Waals surface area contributed by atoms with Crippen LogP contribution in [-0.4, -0.2) is 16.7 Å². The number of hydrogen-bond acceptors (Lipinski definition) is 3. The van der Waals surface area contributed by atoms with Crippen LogP contribution in [0.4, 0.5) is 5.69 Å². The summed E-state index contributed by atoms with van der Waals surface area (Å²) in [5, 5.41) is 0. The third-order valence-corrected chi connectivity index (χ3v) is 2.74. The highest BCUT2D eigenvalue weighted by Crippen LogP contribution is 2.23. The van der Waals surface area contributed by atoms with Gasteiger partial charge in [0.1, 0.15) is 18.1 Å². The molecule has 0 aliphatic carbocycles. The Hall–Kier alpha value is -1.55. The second-order valence-electron chi connectivity index (χ2n) is 4.69. The van der Waals surface area contributed by atoms with Gasteiger partial charge in [0.2, 0.25) is 0 Å². The van der Waals surface area contributed by atoms with Crippen molar-refractivity contribution in [3.8, 4) is 0 Å². The number of methoxy groups -OCH3 is 1. The van der Waals surface area contributed by atoms with E-state index in [1.54, 1.807) is 7.11 Å². The topological polar surface area (TPSA) is 53.1 Å². The zero-order valence-electron chi connectivity index (χ0n) is 10.6. The summed E-state index contributed by atoms with van der Waals surface area (Å²) in [5.74, 6) is 1.60. The van der Waals surface area contributed by atoms with Crippen molar-refractivity contribution >= 4 is 16.7 Å². The van der Waals surface area contributed by atoms with E-state index in [1.807, 2.05) is 18.2 Å². The number of nitrogen functional groups attached to an aromatic ring is 1. The average molecular weight is 233 g/mol. The van der Waals surface area contributed by atoms with Crippen LogP contribution in [0, 0.1) is 5.92 Å². The smallest absolute Gasteiger partial charge is 0.124 e. The van der Waals surface area contributed by atoms with Crippen LogP contribution in [0.25, 0.3) is 11.0 Å². The molecule has 0 spiro atoms. The minimum atomic E-state index is 0.516. The average Bonchev–Trinajstić information content (AvgIpc) is 2.59. The molecular weight excluding hydrogens is 214 g/mol. The van der Waals surface area contributed by atoms with E-state index in [9.17, 15) is 0 Å². The molecule has 4 heteroatoms. The van der Waals surface area contributed by atoms with E-state index in [4.69, 9.17) is 10.5 Å². The number of imidazole rings is 1. The summed E-state index contributed by atoms with van der Waals surface area (Å²) in [6.07, 6.45) is 0.928. The highest BCUT2D eigenvalue weighted by atomic mass is 16.5. The van der Waals surface area contributed by atoms with Crippen molar-refractivity contribution in [3.63, 3.8) is 0 Å². The maximum Gasteiger partial charge on any atom is 0.124 e. The Kier molecular flexibility index (Phi) is 3.33. The van der Waals surface area contributed by atoms with Crippen molar-refractivity contribution in [2.24, 2.45) is 5.92 Å². The van der Waals surface area contributed by atoms with Crippen LogP contribution in [0.5, 0.6) is 0 Å². The Morgan fingerprint density at radius 3 is 2.82 bits per heavy atom. The molecule has 0 fully saturated rings. The molecule has 0 amide bonds. The molecule has 0 unspecified atom stereocenters. The summed E-state index contributed by atoms with van der Waals surface area (Å²) >= 11 is 0. The summed E-state index contributed by atoms with van der Waals surface area (Å²) in [4.78, 5) is 4.63. The molecule has 4 nitrogen and oxygen atoms in total. The Morgan fingerprint density at radius 1 is 1.41 bits per heavy atom. The summed E-state index contributed by atoms with van der Waals surface area (Å²) in [5.41, 5.74) is 8.59. The van der Waals surface area contributed by atoms with E-state index >= 15 is 0 Å². The fourth-order valence-corrected chi connectivity index (χ4v) is 2.01. The summed E-state index contributed by atoms with van der Waals surface area (Å²) in [6.45, 7) is 4.88. The Morgan fingerprint density at radius 2 is 2.18 bits per heavy atom. The first kappa shape index (κ1) is 11.9. The molecule has 2 aromatic rings. The van der Waals surface area contributed by atoms with Gasteiger partial charge >= 0.3 is 0 Å². The second kappa shape index (κ2) is 4.75. The molecule has 0 saturated carbocycles. The van der Waals surface area contributed by atoms with Gasteiger partial charge in [-0.1, -0.05) is 19.9 Å². The molecule has 0 bridgehead atoms. The Labute approximate surface area is 101 Å². The van der Waals surface area contributed by atoms with E-state index in [-0.39, 0.29) is 0 Å². The second-order valence-corrected chi connectivity index (χ2v) is 4.69. The molecule has 0 saturated heterocycles. The molecule has 2 N–H and O–H groups in total. The zero-order valence-corrected chi connectivity index (χ0v) is 10.6. The quantitative estimate of drug-likeness (QED) is 0.825. The molecule has 1 heterocycles. The normalized spacial score (nSPS) is 11.5. The van der Waals surface area contributed by atoms with Gasteiger partial charge < -0.3 is 15.0 Å². The first-order valence-electron chi connectivity index (χ1n) is 5.86. The summed E-state index contributed by atoms with van der Waals surface area (Å²) in [6, 6.07) is 5.86. The molecule has 1 aromatic carbocycles. The lowest BCUT2D eigenvalue weighted by atomic mass is 10.1. The van der Waals surface area contributed by atoms with Crippen LogP contribution < -0.4 is 5.73 Å². The van der Waals surface area contributed by atoms with Gasteiger partial charge in [0.15, 0.2) is 0 Å². The van der Waals surface area contributed by atoms with Crippen LogP contribution in [-0.2, 0) is 17.9 Å². The number of para-hydroxylation sites is 1. The number of benzene rings is 1. The molecular formula is C13H19N3O. The minimum Gasteiger partial charge on any atom is -0.397 e. The molecule has 2 rings (SSSR count). The van der Waals surface area contributed by atoms with Crippen LogP contribution in [0.1, 0.15) is 19.7 Å². The molecule has 0 atom stereocenters. The van der Waals surface area contributed by atoms with Crippen molar-refractivity contribution in [3.05, 3.63) is 24.0 Å². The number of aromatic nitrogens is 2. The van der Waals surface area contributed by atoms with Gasteiger partial charge in [-0.05, 0) is 18.1 Å². The fourth-order valence-electron chi connectivity index (χ4n) is 2.01. The van der Waals surface area contributed by atoms with Gasteiger partial charge in [0, 0.05) is 13.5 Å². The number of ether oxygens (including phenoxy) is 1. The van der Waals surface area contributed by atoms with E-state index in [1.165, 1.54) is 0 Å². The number of anilines is 1. The number of hydrogen-bond donors (Lipinski definition) is 1. The van der Waals surface area contributed by atoms with Gasteiger partial charge in [-0.15, -0.1) is 0 Å². The lowest BCUT2D eigenvalue weighted by Gasteiger charge is -2.09. The number of nitrogens with two attached hydrogens (primary N) is 1. The van der Waals surface area contributed by atoms with Gasteiger partial charge in [0.05, 0.1) is 11.2 Å². The van der Waals surface area contributed by atoms with Crippen LogP contribution in [0.15, 0.2) is 18.2 Å². The van der Waals surface area contributed by atoms with Crippen LogP contribution in [0.2, 0.25) is 0 Å². The van der Waals surface area contributed by atoms with Crippen molar-refractivity contribution < 1.29 is 4.74 Å². The molecule has 17 heavy (non-hydrogen) atoms. The predicted octanol–water partition coefficient (Wildman–Crippen LogP) is 2.42. The molecule has 0 aliphatic heterocycles. The van der Waals surface area contributed by atoms with Crippen molar-refractivity contribution in [2.75, 3.05) is 12.8 Å². The van der Waals surface area contributed by atoms with Crippen LogP contribution >= 0.6 is 0 Å². The summed E-state index contributed by atoms with van der Waals surface area (Å²) < 4.78 is 7.33. The largest absolute Gasteiger partial charge is 0.397 e. The predicted molar refractivity (Wildman–Crippen MR) is 69.7 cm³/mol. The maximum atomic E-state index is 5.95. The highest BCUT2D eigenvalue weighted by Gasteiger charge is 2.13. The van der Waals surface area contributed by atoms with Crippen molar-refractivity contribution in [2.45, 2.75) is 27.0 Å². The van der Waals surface area contributed by atoms with Gasteiger partial charge in [-0.25, -0.2) is 4.98 Å². The number of rotatable bonds is 4. The minimum absolute atomic E-state index is 0.516. The van der Waals surface area contributed by atoms with E-state index in [2.05, 4.69) is 23.4 Å². The van der Waals surface area contributed by atoms with Gasteiger partial charge in [-0.3, -0.25) is 0 Å². The standard InChI is InChI=1S/C13H19N3O/c1-9(2)7-12-15-13-10(14)5-4-6-11(13)16(12)8-17-3/h4-6,9H,7-8,14H2,1-3H3. The first-order valence-corrected chi connectivity index (χ1v) is 5.86. The Bertz CT molecular complexity index is 517. The first-order chi connectivity index (χ1) is 8.13. The Balaban J connectivity index is 2.57. The lowest BCUT2D eigenvalue weighted by Crippen LogP contribution is -2.08. The molecule has 1 aromatic heterocycles. The maximum absolute atomic E-state index is 5.95. The zero-order chi connectivity index (χ0) is 12.4. The number of fused-ring (bicyclic) bond motifs is 1. The highest BCUT2D eigenvalue weighted by molar-refractivity contribution is 5.87. The molecule has 92 valence electrons. The molecule has 0 radical (unpaired) electrons. The van der Waals surface area contributed by atoms with Crippen molar-refractivity contribution in [1.29, 1.82) is 0 Å². The third-order valence-electron chi connectivity index (χ3n) is 2.74.